The number of aliphatic imine (C=N–C) groups is 1. The van der Waals surface area contributed by atoms with Crippen LogP contribution in [0.4, 0.5) is 0 Å². The largest absolute Gasteiger partial charge is 0.475 e. The Kier molecular flexibility index (Phi) is 5.54. The summed E-state index contributed by atoms with van der Waals surface area (Å²) in [6.45, 7) is 7.05. The van der Waals surface area contributed by atoms with Gasteiger partial charge in [0.1, 0.15) is 12.6 Å². The van der Waals surface area contributed by atoms with Gasteiger partial charge in [-0.25, -0.2) is 4.99 Å². The molecular weight excluding hydrogens is 346 g/mol. The van der Waals surface area contributed by atoms with E-state index < -0.39 is 0 Å². The van der Waals surface area contributed by atoms with Gasteiger partial charge in [0.05, 0.1) is 6.10 Å². The average molecular weight is 378 g/mol. The Bertz CT molecular complexity index is 861. The molecule has 1 aliphatic heterocycles. The molecule has 148 valence electrons. The highest BCUT2D eigenvalue weighted by atomic mass is 16.5. The molecule has 2 aromatic rings. The molecule has 1 unspecified atom stereocenters. The van der Waals surface area contributed by atoms with Crippen LogP contribution in [0.1, 0.15) is 71.0 Å². The molecule has 3 heteroatoms. The van der Waals surface area contributed by atoms with Gasteiger partial charge in [-0.3, -0.25) is 0 Å². The zero-order valence-corrected chi connectivity index (χ0v) is 17.5. The Morgan fingerprint density at radius 2 is 1.50 bits per heavy atom. The molecule has 4 rings (SSSR count). The van der Waals surface area contributed by atoms with Crippen LogP contribution in [0.25, 0.3) is 0 Å². The highest BCUT2D eigenvalue weighted by molar-refractivity contribution is 5.97. The van der Waals surface area contributed by atoms with Crippen molar-refractivity contribution in [1.29, 1.82) is 0 Å². The molecule has 1 aliphatic carbocycles. The van der Waals surface area contributed by atoms with Crippen LogP contribution in [-0.4, -0.2) is 25.7 Å². The summed E-state index contributed by atoms with van der Waals surface area (Å²) in [4.78, 5) is 4.90. The summed E-state index contributed by atoms with van der Waals surface area (Å²) >= 11 is 0. The van der Waals surface area contributed by atoms with Crippen molar-refractivity contribution in [1.82, 2.24) is 0 Å². The van der Waals surface area contributed by atoms with E-state index in [0.29, 0.717) is 18.6 Å². The van der Waals surface area contributed by atoms with E-state index >= 15 is 0 Å². The lowest BCUT2D eigenvalue weighted by Gasteiger charge is -2.28. The monoisotopic (exact) mass is 377 g/mol. The number of hydrogen-bond donors (Lipinski definition) is 0. The SMILES string of the molecule is COC1CCC(c2ccc(C3COC(c4cc(C)c(C)cc4C)=N3)cc2)CC1. The Labute approximate surface area is 168 Å². The van der Waals surface area contributed by atoms with Gasteiger partial charge in [-0.15, -0.1) is 0 Å². The van der Waals surface area contributed by atoms with Gasteiger partial charge in [-0.1, -0.05) is 30.3 Å². The van der Waals surface area contributed by atoms with E-state index in [1.165, 1.54) is 53.5 Å². The van der Waals surface area contributed by atoms with Crippen LogP contribution in [0, 0.1) is 20.8 Å². The second kappa shape index (κ2) is 8.08. The minimum atomic E-state index is 0.0919. The summed E-state index contributed by atoms with van der Waals surface area (Å²) in [5, 5.41) is 0. The van der Waals surface area contributed by atoms with Gasteiger partial charge in [-0.05, 0) is 86.3 Å². The maximum Gasteiger partial charge on any atom is 0.217 e. The standard InChI is InChI=1S/C25H31NO2/c1-16-13-18(3)23(14-17(16)2)25-26-24(15-28-25)21-7-5-19(6-8-21)20-9-11-22(27-4)12-10-20/h5-8,13-14,20,22,24H,9-12,15H2,1-4H3. The molecule has 3 nitrogen and oxygen atoms in total. The molecule has 0 N–H and O–H groups in total. The van der Waals surface area contributed by atoms with Gasteiger partial charge in [-0.2, -0.15) is 0 Å². The third kappa shape index (κ3) is 3.86. The molecule has 0 aromatic heterocycles. The van der Waals surface area contributed by atoms with E-state index in [1.807, 2.05) is 7.11 Å². The second-order valence-corrected chi connectivity index (χ2v) is 8.39. The van der Waals surface area contributed by atoms with Crippen molar-refractivity contribution in [3.8, 4) is 0 Å². The zero-order valence-electron chi connectivity index (χ0n) is 17.5. The second-order valence-electron chi connectivity index (χ2n) is 8.39. The quantitative estimate of drug-likeness (QED) is 0.674. The maximum absolute atomic E-state index is 5.99. The van der Waals surface area contributed by atoms with Crippen LogP contribution < -0.4 is 0 Å². The van der Waals surface area contributed by atoms with E-state index in [-0.39, 0.29) is 6.04 Å². The lowest BCUT2D eigenvalue weighted by molar-refractivity contribution is 0.0658. The van der Waals surface area contributed by atoms with Crippen LogP contribution in [0.3, 0.4) is 0 Å². The minimum absolute atomic E-state index is 0.0919. The van der Waals surface area contributed by atoms with Crippen molar-refractivity contribution in [3.63, 3.8) is 0 Å². The summed E-state index contributed by atoms with van der Waals surface area (Å²) in [6, 6.07) is 13.6. The van der Waals surface area contributed by atoms with Crippen molar-refractivity contribution in [3.05, 3.63) is 69.8 Å². The van der Waals surface area contributed by atoms with Crippen molar-refractivity contribution < 1.29 is 9.47 Å². The molecule has 1 saturated carbocycles. The van der Waals surface area contributed by atoms with E-state index in [1.54, 1.807) is 0 Å². The minimum Gasteiger partial charge on any atom is -0.475 e. The molecule has 0 saturated heterocycles. The molecule has 1 fully saturated rings. The highest BCUT2D eigenvalue weighted by Gasteiger charge is 2.25. The van der Waals surface area contributed by atoms with Gasteiger partial charge in [0.15, 0.2) is 0 Å². The number of hydrogen-bond acceptors (Lipinski definition) is 3. The number of methoxy groups -OCH3 is 1. The third-order valence-corrected chi connectivity index (χ3v) is 6.52. The Morgan fingerprint density at radius 1 is 0.857 bits per heavy atom. The number of nitrogens with zero attached hydrogens (tertiary/aromatic N) is 1. The Morgan fingerprint density at radius 3 is 2.18 bits per heavy atom. The van der Waals surface area contributed by atoms with Crippen molar-refractivity contribution in [2.45, 2.75) is 64.5 Å². The maximum atomic E-state index is 5.99. The smallest absolute Gasteiger partial charge is 0.217 e. The molecule has 2 aliphatic rings. The van der Waals surface area contributed by atoms with E-state index in [0.717, 1.165) is 11.5 Å². The first-order valence-corrected chi connectivity index (χ1v) is 10.5. The number of aryl methyl sites for hydroxylation is 3. The zero-order chi connectivity index (χ0) is 19.7. The molecule has 0 bridgehead atoms. The van der Waals surface area contributed by atoms with Gasteiger partial charge >= 0.3 is 0 Å². The van der Waals surface area contributed by atoms with E-state index in [2.05, 4.69) is 57.2 Å². The predicted octanol–water partition coefficient (Wildman–Crippen LogP) is 5.80. The summed E-state index contributed by atoms with van der Waals surface area (Å²) in [7, 11) is 1.83. The molecule has 2 aromatic carbocycles. The number of ether oxygens (including phenoxy) is 2. The van der Waals surface area contributed by atoms with Crippen LogP contribution in [0.2, 0.25) is 0 Å². The summed E-state index contributed by atoms with van der Waals surface area (Å²) in [5.74, 6) is 1.45. The van der Waals surface area contributed by atoms with E-state index in [4.69, 9.17) is 14.5 Å². The van der Waals surface area contributed by atoms with Crippen molar-refractivity contribution in [2.24, 2.45) is 4.99 Å². The fraction of sp³-hybridized carbons (Fsp3) is 0.480. The topological polar surface area (TPSA) is 30.8 Å². The molecule has 1 heterocycles. The molecule has 28 heavy (non-hydrogen) atoms. The number of benzene rings is 2. The Balaban J connectivity index is 1.48. The van der Waals surface area contributed by atoms with Crippen LogP contribution in [0.5, 0.6) is 0 Å². The first-order chi connectivity index (χ1) is 13.5. The van der Waals surface area contributed by atoms with Gasteiger partial charge in [0, 0.05) is 12.7 Å². The Hall–Kier alpha value is -2.13. The van der Waals surface area contributed by atoms with Gasteiger partial charge in [0.2, 0.25) is 5.90 Å². The van der Waals surface area contributed by atoms with Gasteiger partial charge in [0.25, 0.3) is 0 Å². The van der Waals surface area contributed by atoms with Crippen LogP contribution >= 0.6 is 0 Å². The van der Waals surface area contributed by atoms with E-state index in [9.17, 15) is 0 Å². The van der Waals surface area contributed by atoms with Gasteiger partial charge < -0.3 is 9.47 Å². The lowest BCUT2D eigenvalue weighted by atomic mass is 9.82. The van der Waals surface area contributed by atoms with Crippen LogP contribution in [0.15, 0.2) is 41.4 Å². The summed E-state index contributed by atoms with van der Waals surface area (Å²) < 4.78 is 11.5. The fourth-order valence-electron chi connectivity index (χ4n) is 4.51. The molecule has 0 spiro atoms. The fourth-order valence-corrected chi connectivity index (χ4v) is 4.51. The molecule has 1 atom stereocenters. The first kappa shape index (κ1) is 19.2. The van der Waals surface area contributed by atoms with Crippen molar-refractivity contribution >= 4 is 5.90 Å². The summed E-state index contributed by atoms with van der Waals surface area (Å²) in [5.41, 5.74) is 7.63. The van der Waals surface area contributed by atoms with Crippen LogP contribution in [-0.2, 0) is 9.47 Å². The lowest BCUT2D eigenvalue weighted by Crippen LogP contribution is -2.19. The highest BCUT2D eigenvalue weighted by Crippen LogP contribution is 2.35. The third-order valence-electron chi connectivity index (χ3n) is 6.52. The first-order valence-electron chi connectivity index (χ1n) is 10.5. The number of rotatable bonds is 4. The average Bonchev–Trinajstić information content (AvgIpc) is 3.21. The molecule has 0 amide bonds. The normalized spacial score (nSPS) is 24.7. The molecule has 0 radical (unpaired) electrons. The predicted molar refractivity (Wildman–Crippen MR) is 114 cm³/mol. The molecular formula is C25H31NO2. The van der Waals surface area contributed by atoms with Crippen molar-refractivity contribution in [2.75, 3.05) is 13.7 Å². The summed E-state index contributed by atoms with van der Waals surface area (Å²) in [6.07, 6.45) is 5.23.